The Kier molecular flexibility index (Phi) is 11.9. The SMILES string of the molecule is C/C=C(\C)c1ccc2c(-c3ccc(-c4ccc(-c5ccc6c(c5)c5cc(C(C)(C)C)ccc5n6-c5ccccc5)cc4)cc3)c3cc(C(C)(C)C)ccc3c(-c3ccc(-c4ccc(-c5ccccc5)cc4)cc3)c2c1. The number of hydrogen-bond donors (Lipinski definition) is 0. The Hall–Kier alpha value is -8.52. The molecular weight excluding hydrogens is 903 g/mol. The minimum Gasteiger partial charge on any atom is -0.309 e. The van der Waals surface area contributed by atoms with Gasteiger partial charge in [-0.05, 0) is 184 Å². The Balaban J connectivity index is 0.929. The van der Waals surface area contributed by atoms with Crippen molar-refractivity contribution >= 4 is 48.9 Å². The average Bonchev–Trinajstić information content (AvgIpc) is 3.80. The quantitative estimate of drug-likeness (QED) is 0.134. The van der Waals surface area contributed by atoms with Crippen LogP contribution >= 0.6 is 0 Å². The number of fused-ring (bicyclic) bond motifs is 5. The smallest absolute Gasteiger partial charge is 0.0541 e. The van der Waals surface area contributed by atoms with Crippen molar-refractivity contribution in [3.05, 3.63) is 253 Å². The van der Waals surface area contributed by atoms with E-state index in [9.17, 15) is 0 Å². The van der Waals surface area contributed by atoms with Crippen molar-refractivity contribution < 1.29 is 0 Å². The van der Waals surface area contributed by atoms with Crippen LogP contribution in [0.3, 0.4) is 0 Å². The summed E-state index contributed by atoms with van der Waals surface area (Å²) in [6.07, 6.45) is 2.22. The summed E-state index contributed by atoms with van der Waals surface area (Å²) in [5.74, 6) is 0. The highest BCUT2D eigenvalue weighted by Gasteiger charge is 2.23. The molecule has 0 aliphatic rings. The first-order valence-corrected chi connectivity index (χ1v) is 26.6. The summed E-state index contributed by atoms with van der Waals surface area (Å²) in [7, 11) is 0. The number of hydrogen-bond acceptors (Lipinski definition) is 0. The number of allylic oxidation sites excluding steroid dienone is 2. The summed E-state index contributed by atoms with van der Waals surface area (Å²) < 4.78 is 2.41. The number of aromatic nitrogens is 1. The lowest BCUT2D eigenvalue weighted by Crippen LogP contribution is -2.10. The molecule has 12 aromatic rings. The normalized spacial score (nSPS) is 12.3. The number of para-hydroxylation sites is 1. The van der Waals surface area contributed by atoms with Crippen molar-refractivity contribution in [3.8, 4) is 72.4 Å². The van der Waals surface area contributed by atoms with Gasteiger partial charge < -0.3 is 4.57 Å². The van der Waals surface area contributed by atoms with Gasteiger partial charge >= 0.3 is 0 Å². The molecule has 1 heterocycles. The van der Waals surface area contributed by atoms with Crippen molar-refractivity contribution in [1.29, 1.82) is 0 Å². The van der Waals surface area contributed by atoms with Crippen LogP contribution in [0.15, 0.2) is 237 Å². The highest BCUT2D eigenvalue weighted by molar-refractivity contribution is 6.22. The molecular formula is C74H63N. The predicted molar refractivity (Wildman–Crippen MR) is 325 cm³/mol. The average molecular weight is 966 g/mol. The van der Waals surface area contributed by atoms with Gasteiger partial charge in [0.2, 0.25) is 0 Å². The van der Waals surface area contributed by atoms with Gasteiger partial charge in [0.15, 0.2) is 0 Å². The predicted octanol–water partition coefficient (Wildman–Crippen LogP) is 21.1. The van der Waals surface area contributed by atoms with E-state index in [0.29, 0.717) is 0 Å². The standard InChI is InChI=1S/C74H63N/c1-9-48(2)58-36-40-63-67(44-58)71(56-32-28-53(29-33-56)51-22-20-50(21-23-51)49-16-12-10-13-17-49)64-41-38-60(73(3,4)5)47-68(64)72(63)57-34-30-54(31-35-57)52-24-26-55(27-25-52)59-37-42-69-65(45-59)66-46-61(74(6,7)8)39-43-70(66)75(69)62-18-14-11-15-19-62/h9-47H,1-8H3/b48-9+. The van der Waals surface area contributed by atoms with Crippen LogP contribution in [0.4, 0.5) is 0 Å². The number of rotatable bonds is 8. The van der Waals surface area contributed by atoms with E-state index < -0.39 is 0 Å². The van der Waals surface area contributed by atoms with Crippen LogP contribution in [-0.2, 0) is 10.8 Å². The van der Waals surface area contributed by atoms with E-state index in [0.717, 1.165) is 0 Å². The molecule has 0 N–H and O–H groups in total. The van der Waals surface area contributed by atoms with Crippen molar-refractivity contribution in [1.82, 2.24) is 4.57 Å². The summed E-state index contributed by atoms with van der Waals surface area (Å²) in [6.45, 7) is 18.2. The molecule has 0 aliphatic carbocycles. The highest BCUT2D eigenvalue weighted by Crippen LogP contribution is 2.47. The van der Waals surface area contributed by atoms with Gasteiger partial charge in [-0.2, -0.15) is 0 Å². The molecule has 0 saturated carbocycles. The lowest BCUT2D eigenvalue weighted by atomic mass is 9.80. The van der Waals surface area contributed by atoms with Crippen molar-refractivity contribution in [2.75, 3.05) is 0 Å². The molecule has 0 saturated heterocycles. The maximum absolute atomic E-state index is 2.47. The Morgan fingerprint density at radius 3 is 1.16 bits per heavy atom. The van der Waals surface area contributed by atoms with Crippen LogP contribution in [-0.4, -0.2) is 4.57 Å². The molecule has 1 aromatic heterocycles. The lowest BCUT2D eigenvalue weighted by Gasteiger charge is -2.23. The molecule has 0 atom stereocenters. The van der Waals surface area contributed by atoms with Gasteiger partial charge in [0.05, 0.1) is 11.0 Å². The minimum atomic E-state index is -0.0240. The maximum atomic E-state index is 2.47. The summed E-state index contributed by atoms with van der Waals surface area (Å²) in [4.78, 5) is 0. The molecule has 1 nitrogen and oxygen atoms in total. The fraction of sp³-hybridized carbons (Fsp3) is 0.135. The van der Waals surface area contributed by atoms with Gasteiger partial charge in [0, 0.05) is 16.5 Å². The van der Waals surface area contributed by atoms with Gasteiger partial charge in [0.25, 0.3) is 0 Å². The van der Waals surface area contributed by atoms with E-state index >= 15 is 0 Å². The van der Waals surface area contributed by atoms with E-state index in [2.05, 4.69) is 297 Å². The Labute approximate surface area is 443 Å². The fourth-order valence-corrected chi connectivity index (χ4v) is 11.3. The first-order valence-electron chi connectivity index (χ1n) is 26.6. The highest BCUT2D eigenvalue weighted by atomic mass is 15.0. The molecule has 364 valence electrons. The summed E-state index contributed by atoms with van der Waals surface area (Å²) in [5, 5.41) is 7.61. The fourth-order valence-electron chi connectivity index (χ4n) is 11.3. The van der Waals surface area contributed by atoms with E-state index in [1.807, 2.05) is 0 Å². The third-order valence-electron chi connectivity index (χ3n) is 15.7. The van der Waals surface area contributed by atoms with Gasteiger partial charge in [-0.15, -0.1) is 0 Å². The maximum Gasteiger partial charge on any atom is 0.0541 e. The third kappa shape index (κ3) is 8.77. The molecule has 12 rings (SSSR count). The number of nitrogens with zero attached hydrogens (tertiary/aromatic N) is 1. The van der Waals surface area contributed by atoms with E-state index in [1.54, 1.807) is 0 Å². The minimum absolute atomic E-state index is 0.0240. The monoisotopic (exact) mass is 965 g/mol. The second kappa shape index (κ2) is 18.8. The first kappa shape index (κ1) is 47.5. The Morgan fingerprint density at radius 2 is 0.680 bits per heavy atom. The first-order chi connectivity index (χ1) is 36.3. The number of benzene rings is 11. The second-order valence-corrected chi connectivity index (χ2v) is 22.6. The third-order valence-corrected chi connectivity index (χ3v) is 15.7. The topological polar surface area (TPSA) is 4.93 Å². The summed E-state index contributed by atoms with van der Waals surface area (Å²) in [5.41, 5.74) is 23.5. The molecule has 0 spiro atoms. The van der Waals surface area contributed by atoms with Gasteiger partial charge in [-0.25, -0.2) is 0 Å². The molecule has 75 heavy (non-hydrogen) atoms. The van der Waals surface area contributed by atoms with E-state index in [-0.39, 0.29) is 10.8 Å². The second-order valence-electron chi connectivity index (χ2n) is 22.6. The Bertz CT molecular complexity index is 4120. The molecule has 0 aliphatic heterocycles. The zero-order valence-electron chi connectivity index (χ0n) is 44.5. The zero-order valence-corrected chi connectivity index (χ0v) is 44.5. The molecule has 0 amide bonds. The van der Waals surface area contributed by atoms with Crippen LogP contribution in [0, 0.1) is 0 Å². The summed E-state index contributed by atoms with van der Waals surface area (Å²) >= 11 is 0. The Morgan fingerprint density at radius 1 is 0.320 bits per heavy atom. The molecule has 0 radical (unpaired) electrons. The van der Waals surface area contributed by atoms with Gasteiger partial charge in [-0.1, -0.05) is 230 Å². The largest absolute Gasteiger partial charge is 0.309 e. The van der Waals surface area contributed by atoms with Crippen molar-refractivity contribution in [2.45, 2.75) is 66.2 Å². The van der Waals surface area contributed by atoms with E-state index in [1.165, 1.54) is 138 Å². The van der Waals surface area contributed by atoms with Crippen LogP contribution in [0.25, 0.3) is 121 Å². The van der Waals surface area contributed by atoms with E-state index in [4.69, 9.17) is 0 Å². The molecule has 1 heteroatoms. The van der Waals surface area contributed by atoms with Crippen molar-refractivity contribution in [2.24, 2.45) is 0 Å². The van der Waals surface area contributed by atoms with Crippen LogP contribution in [0.5, 0.6) is 0 Å². The molecule has 0 bridgehead atoms. The summed E-state index contributed by atoms with van der Waals surface area (Å²) in [6, 6.07) is 86.3. The van der Waals surface area contributed by atoms with Gasteiger partial charge in [0.1, 0.15) is 0 Å². The van der Waals surface area contributed by atoms with Crippen LogP contribution in [0.2, 0.25) is 0 Å². The van der Waals surface area contributed by atoms with Gasteiger partial charge in [-0.3, -0.25) is 0 Å². The molecule has 0 fully saturated rings. The molecule has 11 aromatic carbocycles. The zero-order chi connectivity index (χ0) is 51.6. The lowest BCUT2D eigenvalue weighted by molar-refractivity contribution is 0.591. The van der Waals surface area contributed by atoms with Crippen molar-refractivity contribution in [3.63, 3.8) is 0 Å². The van der Waals surface area contributed by atoms with Crippen LogP contribution in [0.1, 0.15) is 72.1 Å². The van der Waals surface area contributed by atoms with Crippen LogP contribution < -0.4 is 0 Å². The molecule has 0 unspecified atom stereocenters.